The van der Waals surface area contributed by atoms with Crippen molar-refractivity contribution in [3.05, 3.63) is 15.8 Å². The van der Waals surface area contributed by atoms with Crippen LogP contribution in [0.1, 0.15) is 39.3 Å². The van der Waals surface area contributed by atoms with E-state index in [-0.39, 0.29) is 10.6 Å². The van der Waals surface area contributed by atoms with Gasteiger partial charge in [-0.1, -0.05) is 20.8 Å². The molecule has 0 fully saturated rings. The van der Waals surface area contributed by atoms with Gasteiger partial charge in [-0.3, -0.25) is 10.1 Å². The molecule has 0 saturated carbocycles. The minimum absolute atomic E-state index is 0.0608. The second-order valence-electron chi connectivity index (χ2n) is 5.48. The van der Waals surface area contributed by atoms with Crippen LogP contribution in [-0.4, -0.2) is 34.5 Å². The molecular weight excluding hydrogens is 272 g/mol. The van der Waals surface area contributed by atoms with Crippen molar-refractivity contribution in [2.75, 3.05) is 25.1 Å². The number of anilines is 1. The van der Waals surface area contributed by atoms with Crippen molar-refractivity contribution in [1.82, 2.24) is 9.78 Å². The Hall–Kier alpha value is -1.63. The third kappa shape index (κ3) is 5.34. The van der Waals surface area contributed by atoms with Crippen molar-refractivity contribution in [2.24, 2.45) is 5.92 Å². The second kappa shape index (κ2) is 8.61. The Balaban J connectivity index is 2.58. The molecule has 7 heteroatoms. The van der Waals surface area contributed by atoms with Gasteiger partial charge in [-0.25, -0.2) is 4.68 Å². The van der Waals surface area contributed by atoms with Crippen molar-refractivity contribution in [3.8, 4) is 0 Å². The lowest BCUT2D eigenvalue weighted by molar-refractivity contribution is -0.384. The van der Waals surface area contributed by atoms with Crippen molar-refractivity contribution in [1.29, 1.82) is 0 Å². The first-order chi connectivity index (χ1) is 9.97. The quantitative estimate of drug-likeness (QED) is 0.408. The molecule has 1 heterocycles. The molecule has 0 aliphatic carbocycles. The molecular formula is C14H26N4O3. The second-order valence-corrected chi connectivity index (χ2v) is 5.48. The molecule has 1 rings (SSSR count). The zero-order valence-corrected chi connectivity index (χ0v) is 13.4. The summed E-state index contributed by atoms with van der Waals surface area (Å²) >= 11 is 0. The summed E-state index contributed by atoms with van der Waals surface area (Å²) in [5.74, 6) is 1.10. The van der Waals surface area contributed by atoms with Crippen LogP contribution < -0.4 is 5.32 Å². The number of hydrogen-bond acceptors (Lipinski definition) is 5. The molecule has 1 N–H and O–H groups in total. The van der Waals surface area contributed by atoms with Crippen LogP contribution in [0.25, 0.3) is 0 Å². The maximum Gasteiger partial charge on any atom is 0.333 e. The third-order valence-corrected chi connectivity index (χ3v) is 3.09. The van der Waals surface area contributed by atoms with Gasteiger partial charge in [0, 0.05) is 19.7 Å². The van der Waals surface area contributed by atoms with Crippen LogP contribution in [0.3, 0.4) is 0 Å². The SMILES string of the molecule is CCCn1nc(C)c([N+](=O)[O-])c1NCCOCCC(C)C. The van der Waals surface area contributed by atoms with Gasteiger partial charge in [0.05, 0.1) is 11.5 Å². The monoisotopic (exact) mass is 298 g/mol. The van der Waals surface area contributed by atoms with Gasteiger partial charge in [0.15, 0.2) is 0 Å². The minimum atomic E-state index is -0.379. The Kier molecular flexibility index (Phi) is 7.14. The van der Waals surface area contributed by atoms with Gasteiger partial charge in [0.2, 0.25) is 5.82 Å². The summed E-state index contributed by atoms with van der Waals surface area (Å²) in [4.78, 5) is 10.8. The highest BCUT2D eigenvalue weighted by Gasteiger charge is 2.24. The first-order valence-electron chi connectivity index (χ1n) is 7.50. The molecule has 0 saturated heterocycles. The highest BCUT2D eigenvalue weighted by Crippen LogP contribution is 2.28. The van der Waals surface area contributed by atoms with Gasteiger partial charge in [-0.15, -0.1) is 0 Å². The van der Waals surface area contributed by atoms with Gasteiger partial charge in [0.25, 0.3) is 0 Å². The summed E-state index contributed by atoms with van der Waals surface area (Å²) < 4.78 is 7.18. The molecule has 0 atom stereocenters. The molecule has 0 amide bonds. The van der Waals surface area contributed by atoms with E-state index in [4.69, 9.17) is 4.74 Å². The number of nitro groups is 1. The lowest BCUT2D eigenvalue weighted by atomic mass is 10.1. The summed E-state index contributed by atoms with van der Waals surface area (Å²) in [6.45, 7) is 10.4. The average molecular weight is 298 g/mol. The molecule has 7 nitrogen and oxygen atoms in total. The van der Waals surface area contributed by atoms with Crippen molar-refractivity contribution in [2.45, 2.75) is 47.1 Å². The molecule has 0 unspecified atom stereocenters. The van der Waals surface area contributed by atoms with Crippen molar-refractivity contribution >= 4 is 11.5 Å². The summed E-state index contributed by atoms with van der Waals surface area (Å²) in [7, 11) is 0. The standard InChI is InChI=1S/C14H26N4O3/c1-5-8-17-14(13(18(19)20)12(4)16-17)15-7-10-21-9-6-11(2)3/h11,15H,5-10H2,1-4H3. The van der Waals surface area contributed by atoms with Crippen LogP contribution in [0.4, 0.5) is 11.5 Å². The van der Waals surface area contributed by atoms with Crippen LogP contribution in [0, 0.1) is 23.0 Å². The first-order valence-corrected chi connectivity index (χ1v) is 7.50. The van der Waals surface area contributed by atoms with Crippen molar-refractivity contribution < 1.29 is 9.66 Å². The fourth-order valence-electron chi connectivity index (χ4n) is 2.00. The van der Waals surface area contributed by atoms with Crippen LogP contribution in [-0.2, 0) is 11.3 Å². The molecule has 0 radical (unpaired) electrons. The number of ether oxygens (including phenoxy) is 1. The molecule has 1 aromatic rings. The van der Waals surface area contributed by atoms with Crippen LogP contribution in [0.5, 0.6) is 0 Å². The summed E-state index contributed by atoms with van der Waals surface area (Å²) in [5, 5.41) is 18.5. The van der Waals surface area contributed by atoms with Crippen LogP contribution in [0.2, 0.25) is 0 Å². The van der Waals surface area contributed by atoms with Gasteiger partial charge in [-0.05, 0) is 25.7 Å². The van der Waals surface area contributed by atoms with Crippen LogP contribution in [0.15, 0.2) is 0 Å². The number of aromatic nitrogens is 2. The normalized spacial score (nSPS) is 11.1. The fourth-order valence-corrected chi connectivity index (χ4v) is 2.00. The molecule has 0 aliphatic rings. The first kappa shape index (κ1) is 17.4. The maximum absolute atomic E-state index is 11.2. The van der Waals surface area contributed by atoms with E-state index in [2.05, 4.69) is 24.3 Å². The summed E-state index contributed by atoms with van der Waals surface area (Å²) in [6.07, 6.45) is 1.89. The lowest BCUT2D eigenvalue weighted by Crippen LogP contribution is -2.15. The third-order valence-electron chi connectivity index (χ3n) is 3.09. The van der Waals surface area contributed by atoms with Gasteiger partial charge in [0.1, 0.15) is 5.69 Å². The fraction of sp³-hybridized carbons (Fsp3) is 0.786. The van der Waals surface area contributed by atoms with E-state index in [1.165, 1.54) is 0 Å². The Morgan fingerprint density at radius 2 is 2.14 bits per heavy atom. The predicted molar refractivity (Wildman–Crippen MR) is 82.7 cm³/mol. The van der Waals surface area contributed by atoms with E-state index in [0.29, 0.717) is 43.7 Å². The number of nitrogens with zero attached hydrogens (tertiary/aromatic N) is 3. The highest BCUT2D eigenvalue weighted by atomic mass is 16.6. The van der Waals surface area contributed by atoms with Crippen molar-refractivity contribution in [3.63, 3.8) is 0 Å². The van der Waals surface area contributed by atoms with E-state index in [1.807, 2.05) is 6.92 Å². The number of hydrogen-bond donors (Lipinski definition) is 1. The maximum atomic E-state index is 11.2. The topological polar surface area (TPSA) is 82.2 Å². The minimum Gasteiger partial charge on any atom is -0.380 e. The molecule has 120 valence electrons. The van der Waals surface area contributed by atoms with E-state index in [1.54, 1.807) is 11.6 Å². The summed E-state index contributed by atoms with van der Waals surface area (Å²) in [6, 6.07) is 0. The van der Waals surface area contributed by atoms with E-state index in [9.17, 15) is 10.1 Å². The Morgan fingerprint density at radius 1 is 1.43 bits per heavy atom. The Labute approximate surface area is 125 Å². The van der Waals surface area contributed by atoms with E-state index >= 15 is 0 Å². The molecule has 0 spiro atoms. The highest BCUT2D eigenvalue weighted by molar-refractivity contribution is 5.59. The van der Waals surface area contributed by atoms with Gasteiger partial charge >= 0.3 is 5.69 Å². The zero-order valence-electron chi connectivity index (χ0n) is 13.4. The van der Waals surface area contributed by atoms with Crippen LogP contribution >= 0.6 is 0 Å². The Bertz CT molecular complexity index is 457. The largest absolute Gasteiger partial charge is 0.380 e. The Morgan fingerprint density at radius 3 is 2.71 bits per heavy atom. The molecule has 1 aromatic heterocycles. The molecule has 0 aromatic carbocycles. The van der Waals surface area contributed by atoms with Gasteiger partial charge < -0.3 is 10.1 Å². The average Bonchev–Trinajstić information content (AvgIpc) is 2.70. The smallest absolute Gasteiger partial charge is 0.333 e. The molecule has 0 bridgehead atoms. The number of rotatable bonds is 10. The number of aryl methyl sites for hydroxylation is 2. The van der Waals surface area contributed by atoms with Gasteiger partial charge in [-0.2, -0.15) is 5.10 Å². The lowest BCUT2D eigenvalue weighted by Gasteiger charge is -2.09. The predicted octanol–water partition coefficient (Wildman–Crippen LogP) is 2.98. The van der Waals surface area contributed by atoms with E-state index in [0.717, 1.165) is 12.8 Å². The summed E-state index contributed by atoms with van der Waals surface area (Å²) in [5.41, 5.74) is 0.502. The van der Waals surface area contributed by atoms with E-state index < -0.39 is 0 Å². The molecule has 0 aliphatic heterocycles. The zero-order chi connectivity index (χ0) is 15.8. The molecule has 21 heavy (non-hydrogen) atoms. The number of nitrogens with one attached hydrogen (secondary N) is 1.